The molecular weight excluding hydrogens is 232 g/mol. The normalized spacial score (nSPS) is 33.3. The molecule has 1 saturated heterocycles. The quantitative estimate of drug-likeness (QED) is 0.761. The highest BCUT2D eigenvalue weighted by molar-refractivity contribution is 4.85. The van der Waals surface area contributed by atoms with Gasteiger partial charge in [-0.15, -0.1) is 0 Å². The molecule has 3 atom stereocenters. The van der Waals surface area contributed by atoms with Crippen LogP contribution in [0.25, 0.3) is 0 Å². The monoisotopic (exact) mass is 266 g/mol. The van der Waals surface area contributed by atoms with E-state index in [4.69, 9.17) is 0 Å². The van der Waals surface area contributed by atoms with Gasteiger partial charge in [0.1, 0.15) is 0 Å². The van der Waals surface area contributed by atoms with Crippen LogP contribution in [0.1, 0.15) is 71.6 Å². The highest BCUT2D eigenvalue weighted by atomic mass is 15.2. The van der Waals surface area contributed by atoms with Gasteiger partial charge in [0, 0.05) is 18.6 Å². The van der Waals surface area contributed by atoms with E-state index >= 15 is 0 Å². The molecule has 19 heavy (non-hydrogen) atoms. The maximum atomic E-state index is 3.61. The van der Waals surface area contributed by atoms with Gasteiger partial charge in [-0.2, -0.15) is 0 Å². The van der Waals surface area contributed by atoms with Crippen molar-refractivity contribution >= 4 is 0 Å². The summed E-state index contributed by atoms with van der Waals surface area (Å²) in [4.78, 5) is 2.88. The fourth-order valence-electron chi connectivity index (χ4n) is 4.14. The van der Waals surface area contributed by atoms with Crippen LogP contribution < -0.4 is 5.32 Å². The van der Waals surface area contributed by atoms with Crippen LogP contribution in [0.2, 0.25) is 0 Å². The molecule has 0 bridgehead atoms. The molecule has 0 aromatic heterocycles. The highest BCUT2D eigenvalue weighted by Crippen LogP contribution is 2.30. The van der Waals surface area contributed by atoms with Gasteiger partial charge in [-0.25, -0.2) is 0 Å². The predicted octanol–water partition coefficient (Wildman–Crippen LogP) is 3.81. The Labute approximate surface area is 120 Å². The SMILES string of the molecule is CCCN(C1CCCC(CC)CC1)C1CCCNC1. The number of nitrogens with one attached hydrogen (secondary N) is 1. The number of piperidine rings is 1. The average molecular weight is 266 g/mol. The summed E-state index contributed by atoms with van der Waals surface area (Å²) in [7, 11) is 0. The Balaban J connectivity index is 1.93. The standard InChI is InChI=1S/C17H34N2/c1-3-13-19(17-9-6-12-18-14-17)16-8-5-7-15(4-2)10-11-16/h15-18H,3-14H2,1-2H3. The average Bonchev–Trinajstić information content (AvgIpc) is 2.71. The van der Waals surface area contributed by atoms with Gasteiger partial charge in [0.15, 0.2) is 0 Å². The number of hydrogen-bond acceptors (Lipinski definition) is 2. The number of nitrogens with zero attached hydrogens (tertiary/aromatic N) is 1. The summed E-state index contributed by atoms with van der Waals surface area (Å²) in [6.45, 7) is 8.50. The molecule has 112 valence electrons. The molecule has 2 aliphatic rings. The third-order valence-electron chi connectivity index (χ3n) is 5.33. The molecule has 2 rings (SSSR count). The molecule has 1 saturated carbocycles. The molecule has 0 amide bonds. The van der Waals surface area contributed by atoms with E-state index in [2.05, 4.69) is 24.1 Å². The fourth-order valence-corrected chi connectivity index (χ4v) is 4.14. The zero-order chi connectivity index (χ0) is 13.5. The third-order valence-corrected chi connectivity index (χ3v) is 5.33. The van der Waals surface area contributed by atoms with Crippen molar-refractivity contribution in [2.45, 2.75) is 83.7 Å². The van der Waals surface area contributed by atoms with E-state index in [0.717, 1.165) is 18.0 Å². The van der Waals surface area contributed by atoms with Crippen molar-refractivity contribution in [3.8, 4) is 0 Å². The molecule has 1 N–H and O–H groups in total. The minimum absolute atomic E-state index is 0.817. The summed E-state index contributed by atoms with van der Waals surface area (Å²) in [5, 5.41) is 3.61. The molecule has 1 aliphatic heterocycles. The van der Waals surface area contributed by atoms with Crippen LogP contribution in [0, 0.1) is 5.92 Å². The van der Waals surface area contributed by atoms with Gasteiger partial charge in [0.25, 0.3) is 0 Å². The summed E-state index contributed by atoms with van der Waals surface area (Å²) in [6, 6.07) is 1.69. The van der Waals surface area contributed by atoms with Crippen LogP contribution in [-0.2, 0) is 0 Å². The van der Waals surface area contributed by atoms with Gasteiger partial charge >= 0.3 is 0 Å². The van der Waals surface area contributed by atoms with Crippen molar-refractivity contribution in [3.05, 3.63) is 0 Å². The van der Waals surface area contributed by atoms with Crippen molar-refractivity contribution in [2.75, 3.05) is 19.6 Å². The molecule has 2 nitrogen and oxygen atoms in total. The lowest BCUT2D eigenvalue weighted by Gasteiger charge is -2.40. The van der Waals surface area contributed by atoms with Crippen molar-refractivity contribution < 1.29 is 0 Å². The minimum atomic E-state index is 0.817. The Bertz CT molecular complexity index is 235. The Hall–Kier alpha value is -0.0800. The van der Waals surface area contributed by atoms with Crippen molar-refractivity contribution in [1.82, 2.24) is 10.2 Å². The first-order valence-electron chi connectivity index (χ1n) is 8.81. The maximum absolute atomic E-state index is 3.61. The van der Waals surface area contributed by atoms with Crippen LogP contribution >= 0.6 is 0 Å². The van der Waals surface area contributed by atoms with Gasteiger partial charge in [-0.1, -0.05) is 33.1 Å². The van der Waals surface area contributed by atoms with E-state index < -0.39 is 0 Å². The molecule has 3 unspecified atom stereocenters. The topological polar surface area (TPSA) is 15.3 Å². The molecule has 0 spiro atoms. The van der Waals surface area contributed by atoms with Crippen LogP contribution in [0.3, 0.4) is 0 Å². The smallest absolute Gasteiger partial charge is 0.0224 e. The van der Waals surface area contributed by atoms with E-state index in [1.54, 1.807) is 0 Å². The third kappa shape index (κ3) is 4.46. The molecule has 0 aromatic carbocycles. The first kappa shape index (κ1) is 15.3. The largest absolute Gasteiger partial charge is 0.315 e. The summed E-state index contributed by atoms with van der Waals surface area (Å²) < 4.78 is 0. The van der Waals surface area contributed by atoms with E-state index in [9.17, 15) is 0 Å². The second-order valence-corrected chi connectivity index (χ2v) is 6.67. The lowest BCUT2D eigenvalue weighted by molar-refractivity contribution is 0.101. The molecule has 0 radical (unpaired) electrons. The lowest BCUT2D eigenvalue weighted by atomic mass is 9.96. The summed E-state index contributed by atoms with van der Waals surface area (Å²) in [5.41, 5.74) is 0. The van der Waals surface area contributed by atoms with Crippen molar-refractivity contribution in [1.29, 1.82) is 0 Å². The highest BCUT2D eigenvalue weighted by Gasteiger charge is 2.28. The van der Waals surface area contributed by atoms with Gasteiger partial charge in [-0.05, 0) is 57.5 Å². The molecule has 0 aromatic rings. The molecule has 1 heterocycles. The van der Waals surface area contributed by atoms with Gasteiger partial charge in [0.2, 0.25) is 0 Å². The summed E-state index contributed by atoms with van der Waals surface area (Å²) in [5.74, 6) is 1.01. The minimum Gasteiger partial charge on any atom is -0.315 e. The van der Waals surface area contributed by atoms with E-state index in [0.29, 0.717) is 0 Å². The Morgan fingerprint density at radius 2 is 1.79 bits per heavy atom. The fraction of sp³-hybridized carbons (Fsp3) is 1.00. The van der Waals surface area contributed by atoms with Crippen LogP contribution in [0.5, 0.6) is 0 Å². The second-order valence-electron chi connectivity index (χ2n) is 6.67. The lowest BCUT2D eigenvalue weighted by Crippen LogP contribution is -2.50. The zero-order valence-electron chi connectivity index (χ0n) is 13.2. The Morgan fingerprint density at radius 3 is 2.47 bits per heavy atom. The van der Waals surface area contributed by atoms with Crippen LogP contribution in [0.4, 0.5) is 0 Å². The van der Waals surface area contributed by atoms with Gasteiger partial charge in [-0.3, -0.25) is 4.90 Å². The first-order chi connectivity index (χ1) is 9.35. The first-order valence-corrected chi connectivity index (χ1v) is 8.81. The van der Waals surface area contributed by atoms with Crippen LogP contribution in [-0.4, -0.2) is 36.6 Å². The molecule has 2 fully saturated rings. The van der Waals surface area contributed by atoms with Crippen molar-refractivity contribution in [3.63, 3.8) is 0 Å². The summed E-state index contributed by atoms with van der Waals surface area (Å²) >= 11 is 0. The van der Waals surface area contributed by atoms with E-state index in [-0.39, 0.29) is 0 Å². The van der Waals surface area contributed by atoms with E-state index in [1.165, 1.54) is 77.4 Å². The number of rotatable bonds is 5. The second kappa shape index (κ2) is 8.26. The zero-order valence-corrected chi connectivity index (χ0v) is 13.2. The van der Waals surface area contributed by atoms with Crippen molar-refractivity contribution in [2.24, 2.45) is 5.92 Å². The number of hydrogen-bond donors (Lipinski definition) is 1. The van der Waals surface area contributed by atoms with Crippen LogP contribution in [0.15, 0.2) is 0 Å². The summed E-state index contributed by atoms with van der Waals surface area (Å²) in [6.07, 6.45) is 12.8. The molecular formula is C17H34N2. The van der Waals surface area contributed by atoms with Gasteiger partial charge in [0.05, 0.1) is 0 Å². The predicted molar refractivity (Wildman–Crippen MR) is 83.5 cm³/mol. The molecule has 2 heteroatoms. The Kier molecular flexibility index (Phi) is 6.66. The van der Waals surface area contributed by atoms with Gasteiger partial charge < -0.3 is 5.32 Å². The Morgan fingerprint density at radius 1 is 0.947 bits per heavy atom. The van der Waals surface area contributed by atoms with E-state index in [1.807, 2.05) is 0 Å². The maximum Gasteiger partial charge on any atom is 0.0224 e. The molecule has 1 aliphatic carbocycles.